The van der Waals surface area contributed by atoms with Crippen LogP contribution >= 0.6 is 11.8 Å². The smallest absolute Gasteiger partial charge is 0.315 e. The van der Waals surface area contributed by atoms with Gasteiger partial charge in [0.25, 0.3) is 0 Å². The summed E-state index contributed by atoms with van der Waals surface area (Å²) in [6.45, 7) is 0.616. The number of thioether (sulfide) groups is 1. The standard InChI is InChI=1S/C12H22N2O3S/c15-11(16)6-2-1-3-7-13-12(17)14-10-5-4-8-18-9-10/h10H,1-9H2,(H,15,16)(H2,13,14,17). The van der Waals surface area contributed by atoms with E-state index in [-0.39, 0.29) is 12.5 Å². The SMILES string of the molecule is O=C(O)CCCCCNC(=O)NC1CCCSC1. The summed E-state index contributed by atoms with van der Waals surface area (Å²) in [6.07, 6.45) is 4.80. The molecule has 2 amide bonds. The van der Waals surface area contributed by atoms with Crippen LogP contribution < -0.4 is 10.6 Å². The molecule has 0 aliphatic carbocycles. The number of rotatable bonds is 7. The lowest BCUT2D eigenvalue weighted by Crippen LogP contribution is -2.44. The second-order valence-corrected chi connectivity index (χ2v) is 5.67. The van der Waals surface area contributed by atoms with Crippen molar-refractivity contribution in [2.75, 3.05) is 18.1 Å². The predicted octanol–water partition coefficient (Wildman–Crippen LogP) is 1.83. The summed E-state index contributed by atoms with van der Waals surface area (Å²) < 4.78 is 0. The van der Waals surface area contributed by atoms with Gasteiger partial charge in [0.1, 0.15) is 0 Å². The molecule has 0 saturated carbocycles. The molecule has 0 spiro atoms. The molecule has 3 N–H and O–H groups in total. The first-order valence-electron chi connectivity index (χ1n) is 6.52. The summed E-state index contributed by atoms with van der Waals surface area (Å²) in [5.74, 6) is 1.45. The third-order valence-electron chi connectivity index (χ3n) is 2.85. The number of urea groups is 1. The molecule has 18 heavy (non-hydrogen) atoms. The van der Waals surface area contributed by atoms with Gasteiger partial charge >= 0.3 is 12.0 Å². The molecule has 1 rings (SSSR count). The summed E-state index contributed by atoms with van der Waals surface area (Å²) in [4.78, 5) is 21.8. The molecule has 1 aliphatic rings. The average molecular weight is 274 g/mol. The Morgan fingerprint density at radius 2 is 2.11 bits per heavy atom. The summed E-state index contributed by atoms with van der Waals surface area (Å²) in [7, 11) is 0. The molecule has 1 unspecified atom stereocenters. The largest absolute Gasteiger partial charge is 0.481 e. The van der Waals surface area contributed by atoms with Crippen LogP contribution in [0.4, 0.5) is 4.79 Å². The van der Waals surface area contributed by atoms with Gasteiger partial charge in [-0.2, -0.15) is 11.8 Å². The number of carbonyl (C=O) groups excluding carboxylic acids is 1. The zero-order chi connectivity index (χ0) is 13.2. The van der Waals surface area contributed by atoms with Gasteiger partial charge in [0.15, 0.2) is 0 Å². The molecule has 1 aliphatic heterocycles. The molecule has 0 bridgehead atoms. The summed E-state index contributed by atoms with van der Waals surface area (Å²) in [6, 6.07) is 0.205. The van der Waals surface area contributed by atoms with E-state index in [2.05, 4.69) is 10.6 Å². The lowest BCUT2D eigenvalue weighted by atomic mass is 10.2. The zero-order valence-electron chi connectivity index (χ0n) is 10.6. The molecular formula is C12H22N2O3S. The number of unbranched alkanes of at least 4 members (excludes halogenated alkanes) is 2. The van der Waals surface area contributed by atoms with Gasteiger partial charge in [-0.3, -0.25) is 4.79 Å². The Balaban J connectivity index is 1.94. The van der Waals surface area contributed by atoms with Crippen LogP contribution in [0.25, 0.3) is 0 Å². The van der Waals surface area contributed by atoms with Crippen molar-refractivity contribution in [3.05, 3.63) is 0 Å². The zero-order valence-corrected chi connectivity index (χ0v) is 11.4. The van der Waals surface area contributed by atoms with Crippen molar-refractivity contribution in [2.45, 2.75) is 44.6 Å². The van der Waals surface area contributed by atoms with Crippen LogP contribution in [0.3, 0.4) is 0 Å². The first kappa shape index (κ1) is 15.1. The van der Waals surface area contributed by atoms with Gasteiger partial charge in [-0.1, -0.05) is 6.42 Å². The van der Waals surface area contributed by atoms with Crippen molar-refractivity contribution >= 4 is 23.8 Å². The molecular weight excluding hydrogens is 252 g/mol. The Morgan fingerprint density at radius 3 is 2.78 bits per heavy atom. The number of hydrogen-bond acceptors (Lipinski definition) is 3. The van der Waals surface area contributed by atoms with Crippen LogP contribution in [-0.2, 0) is 4.79 Å². The Kier molecular flexibility index (Phi) is 7.64. The van der Waals surface area contributed by atoms with Gasteiger partial charge in [-0.25, -0.2) is 4.79 Å². The maximum absolute atomic E-state index is 11.5. The predicted molar refractivity (Wildman–Crippen MR) is 73.0 cm³/mol. The van der Waals surface area contributed by atoms with E-state index in [4.69, 9.17) is 5.11 Å². The van der Waals surface area contributed by atoms with Gasteiger partial charge in [0, 0.05) is 24.8 Å². The fraction of sp³-hybridized carbons (Fsp3) is 0.833. The number of aliphatic carboxylic acids is 1. The monoisotopic (exact) mass is 274 g/mol. The van der Waals surface area contributed by atoms with Crippen molar-refractivity contribution in [3.8, 4) is 0 Å². The molecule has 0 aromatic rings. The highest BCUT2D eigenvalue weighted by molar-refractivity contribution is 7.99. The van der Waals surface area contributed by atoms with Crippen LogP contribution in [0.5, 0.6) is 0 Å². The summed E-state index contributed by atoms with van der Waals surface area (Å²) in [5, 5.41) is 14.2. The fourth-order valence-electron chi connectivity index (χ4n) is 1.87. The quantitative estimate of drug-likeness (QED) is 0.619. The Morgan fingerprint density at radius 1 is 1.28 bits per heavy atom. The molecule has 6 heteroatoms. The van der Waals surface area contributed by atoms with E-state index in [1.807, 2.05) is 11.8 Å². The van der Waals surface area contributed by atoms with Gasteiger partial charge in [0.05, 0.1) is 0 Å². The summed E-state index contributed by atoms with van der Waals surface area (Å²) >= 11 is 1.88. The third-order valence-corrected chi connectivity index (χ3v) is 4.06. The minimum absolute atomic E-state index is 0.0965. The first-order chi connectivity index (χ1) is 8.68. The van der Waals surface area contributed by atoms with Crippen LogP contribution in [0.1, 0.15) is 38.5 Å². The van der Waals surface area contributed by atoms with Crippen LogP contribution in [-0.4, -0.2) is 41.2 Å². The molecule has 104 valence electrons. The topological polar surface area (TPSA) is 78.4 Å². The van der Waals surface area contributed by atoms with Crippen LogP contribution in [0, 0.1) is 0 Å². The highest BCUT2D eigenvalue weighted by atomic mass is 32.2. The maximum atomic E-state index is 11.5. The molecule has 1 saturated heterocycles. The Bertz CT molecular complexity index is 268. The maximum Gasteiger partial charge on any atom is 0.315 e. The van der Waals surface area contributed by atoms with Gasteiger partial charge in [0.2, 0.25) is 0 Å². The van der Waals surface area contributed by atoms with Crippen molar-refractivity contribution < 1.29 is 14.7 Å². The van der Waals surface area contributed by atoms with E-state index in [0.29, 0.717) is 19.0 Å². The van der Waals surface area contributed by atoms with E-state index in [0.717, 1.165) is 25.0 Å². The lowest BCUT2D eigenvalue weighted by molar-refractivity contribution is -0.137. The van der Waals surface area contributed by atoms with Gasteiger partial charge in [-0.05, 0) is 31.4 Å². The first-order valence-corrected chi connectivity index (χ1v) is 7.68. The number of hydrogen-bond donors (Lipinski definition) is 3. The number of amides is 2. The molecule has 0 aromatic carbocycles. The molecule has 1 atom stereocenters. The second kappa shape index (κ2) is 9.08. The van der Waals surface area contributed by atoms with Crippen LogP contribution in [0.2, 0.25) is 0 Å². The average Bonchev–Trinajstić information content (AvgIpc) is 2.34. The van der Waals surface area contributed by atoms with E-state index >= 15 is 0 Å². The second-order valence-electron chi connectivity index (χ2n) is 4.52. The minimum Gasteiger partial charge on any atom is -0.481 e. The minimum atomic E-state index is -0.754. The van der Waals surface area contributed by atoms with Crippen molar-refractivity contribution in [3.63, 3.8) is 0 Å². The summed E-state index contributed by atoms with van der Waals surface area (Å²) in [5.41, 5.74) is 0. The Labute approximate surface area is 112 Å². The Hall–Kier alpha value is -0.910. The molecule has 1 fully saturated rings. The van der Waals surface area contributed by atoms with Crippen molar-refractivity contribution in [2.24, 2.45) is 0 Å². The van der Waals surface area contributed by atoms with Crippen molar-refractivity contribution in [1.29, 1.82) is 0 Å². The van der Waals surface area contributed by atoms with Gasteiger partial charge < -0.3 is 15.7 Å². The number of carbonyl (C=O) groups is 2. The van der Waals surface area contributed by atoms with E-state index < -0.39 is 5.97 Å². The number of nitrogens with one attached hydrogen (secondary N) is 2. The van der Waals surface area contributed by atoms with E-state index in [9.17, 15) is 9.59 Å². The van der Waals surface area contributed by atoms with Gasteiger partial charge in [-0.15, -0.1) is 0 Å². The molecule has 5 nitrogen and oxygen atoms in total. The van der Waals surface area contributed by atoms with E-state index in [1.54, 1.807) is 0 Å². The lowest BCUT2D eigenvalue weighted by Gasteiger charge is -2.22. The number of carboxylic acids is 1. The normalized spacial score (nSPS) is 19.2. The highest BCUT2D eigenvalue weighted by Crippen LogP contribution is 2.16. The fourth-order valence-corrected chi connectivity index (χ4v) is 2.94. The molecule has 1 heterocycles. The van der Waals surface area contributed by atoms with Crippen molar-refractivity contribution in [1.82, 2.24) is 10.6 Å². The highest BCUT2D eigenvalue weighted by Gasteiger charge is 2.15. The molecule has 0 aromatic heterocycles. The van der Waals surface area contributed by atoms with E-state index in [1.165, 1.54) is 12.2 Å². The van der Waals surface area contributed by atoms with Crippen LogP contribution in [0.15, 0.2) is 0 Å². The third kappa shape index (κ3) is 7.42. The molecule has 0 radical (unpaired) electrons. The number of carboxylic acid groups (broad SMARTS) is 1.